The number of amides is 1. The minimum absolute atomic E-state index is 0.0342. The number of rotatable bonds is 4. The third-order valence-corrected chi connectivity index (χ3v) is 5.82. The maximum absolute atomic E-state index is 12.1. The van der Waals surface area contributed by atoms with E-state index in [1.54, 1.807) is 0 Å². The molecule has 0 spiro atoms. The molecule has 0 bridgehead atoms. The van der Waals surface area contributed by atoms with Crippen molar-refractivity contribution in [3.63, 3.8) is 0 Å². The Balaban J connectivity index is 2.08. The zero-order chi connectivity index (χ0) is 13.7. The van der Waals surface area contributed by atoms with Crippen molar-refractivity contribution >= 4 is 32.5 Å². The molecule has 0 aromatic heterocycles. The monoisotopic (exact) mass is 369 g/mol. The van der Waals surface area contributed by atoms with Gasteiger partial charge in [0.2, 0.25) is 0 Å². The Bertz CT molecular complexity index is 536. The van der Waals surface area contributed by atoms with Crippen LogP contribution in [0.4, 0.5) is 5.69 Å². The molecule has 1 N–H and O–H groups in total. The first kappa shape index (κ1) is 14.1. The molecule has 2 aromatic rings. The summed E-state index contributed by atoms with van der Waals surface area (Å²) in [5, 5.41) is 2.89. The minimum atomic E-state index is -0.0571. The first-order chi connectivity index (χ1) is 9.20. The number of nitrogens with one attached hydrogen (secondary N) is 1. The molecule has 2 rings (SSSR count). The van der Waals surface area contributed by atoms with Crippen LogP contribution in [0.1, 0.15) is 26.8 Å². The first-order valence-electron chi connectivity index (χ1n) is 6.20. The second kappa shape index (κ2) is 6.75. The van der Waals surface area contributed by atoms with E-state index in [1.165, 1.54) is 5.56 Å². The van der Waals surface area contributed by atoms with Crippen LogP contribution in [0.2, 0.25) is 4.97 Å². The molecule has 2 nitrogen and oxygen atoms in total. The van der Waals surface area contributed by atoms with Gasteiger partial charge in [0, 0.05) is 0 Å². The third kappa shape index (κ3) is 3.83. The van der Waals surface area contributed by atoms with Crippen LogP contribution in [0.3, 0.4) is 0 Å². The average Bonchev–Trinajstić information content (AvgIpc) is 2.47. The molecule has 0 radical (unpaired) electrons. The maximum atomic E-state index is 12.1. The summed E-state index contributed by atoms with van der Waals surface area (Å²) in [6.07, 6.45) is 0. The van der Waals surface area contributed by atoms with Crippen molar-refractivity contribution < 1.29 is 4.79 Å². The summed E-state index contributed by atoms with van der Waals surface area (Å²) in [6.45, 7) is 2.25. The molecule has 1 atom stereocenters. The van der Waals surface area contributed by atoms with Gasteiger partial charge in [-0.1, -0.05) is 0 Å². The van der Waals surface area contributed by atoms with Crippen LogP contribution < -0.4 is 5.32 Å². The van der Waals surface area contributed by atoms with Gasteiger partial charge in [-0.25, -0.2) is 0 Å². The van der Waals surface area contributed by atoms with Crippen LogP contribution in [0.15, 0.2) is 54.6 Å². The molecule has 98 valence electrons. The summed E-state index contributed by atoms with van der Waals surface area (Å²) in [6, 6.07) is 17.5. The van der Waals surface area contributed by atoms with Gasteiger partial charge < -0.3 is 0 Å². The topological polar surface area (TPSA) is 29.1 Å². The van der Waals surface area contributed by atoms with Gasteiger partial charge in [-0.05, 0) is 0 Å². The van der Waals surface area contributed by atoms with Crippen LogP contribution in [0, 0.1) is 0 Å². The molecular formula is C16H17NOTe. The SMILES string of the molecule is C[Te]C(C)c1ccc(C(=O)Nc2ccccc2)cc1. The molecule has 0 fully saturated rings. The molecular weight excluding hydrogens is 350 g/mol. The van der Waals surface area contributed by atoms with Crippen molar-refractivity contribution in [2.45, 2.75) is 15.9 Å². The van der Waals surface area contributed by atoms with E-state index in [0.717, 1.165) is 5.69 Å². The predicted molar refractivity (Wildman–Crippen MR) is 80.9 cm³/mol. The van der Waals surface area contributed by atoms with E-state index >= 15 is 0 Å². The zero-order valence-corrected chi connectivity index (χ0v) is 13.4. The Morgan fingerprint density at radius 1 is 1.05 bits per heavy atom. The number of para-hydroxylation sites is 1. The summed E-state index contributed by atoms with van der Waals surface area (Å²) >= 11 is 0.0342. The van der Waals surface area contributed by atoms with Crippen molar-refractivity contribution in [2.75, 3.05) is 5.32 Å². The third-order valence-electron chi connectivity index (χ3n) is 3.03. The number of carbonyl (C=O) groups excluding carboxylic acids is 1. The predicted octanol–water partition coefficient (Wildman–Crippen LogP) is 3.75. The standard InChI is InChI=1S/C16H17NOTe/c1-12(19-2)13-8-10-14(11-9-13)16(18)17-15-6-4-3-5-7-15/h3-12H,1-2H3,(H,17,18). The van der Waals surface area contributed by atoms with Gasteiger partial charge in [0.25, 0.3) is 0 Å². The Hall–Kier alpha value is -1.30. The molecule has 0 aliphatic rings. The Morgan fingerprint density at radius 2 is 1.68 bits per heavy atom. The fraction of sp³-hybridized carbons (Fsp3) is 0.188. The summed E-state index contributed by atoms with van der Waals surface area (Å²) in [4.78, 5) is 14.4. The van der Waals surface area contributed by atoms with Gasteiger partial charge in [0.1, 0.15) is 0 Å². The number of hydrogen-bond donors (Lipinski definition) is 1. The van der Waals surface area contributed by atoms with Gasteiger partial charge in [0.05, 0.1) is 0 Å². The van der Waals surface area contributed by atoms with E-state index in [4.69, 9.17) is 0 Å². The van der Waals surface area contributed by atoms with Crippen LogP contribution in [0.5, 0.6) is 0 Å². The van der Waals surface area contributed by atoms with Gasteiger partial charge in [-0.2, -0.15) is 0 Å². The quantitative estimate of drug-likeness (QED) is 0.820. The molecule has 19 heavy (non-hydrogen) atoms. The van der Waals surface area contributed by atoms with Gasteiger partial charge in [-0.15, -0.1) is 0 Å². The average molecular weight is 367 g/mol. The van der Waals surface area contributed by atoms with Gasteiger partial charge in [0.15, 0.2) is 0 Å². The normalized spacial score (nSPS) is 11.9. The molecule has 2 aromatic carbocycles. The number of carbonyl (C=O) groups is 1. The van der Waals surface area contributed by atoms with Crippen LogP contribution >= 0.6 is 0 Å². The molecule has 3 heteroatoms. The van der Waals surface area contributed by atoms with E-state index < -0.39 is 0 Å². The molecule has 0 heterocycles. The van der Waals surface area contributed by atoms with Gasteiger partial charge >= 0.3 is 124 Å². The summed E-state index contributed by atoms with van der Waals surface area (Å²) in [5.74, 6) is -0.0571. The van der Waals surface area contributed by atoms with E-state index in [-0.39, 0.29) is 26.8 Å². The first-order valence-corrected chi connectivity index (χ1v) is 9.87. The number of benzene rings is 2. The van der Waals surface area contributed by atoms with Crippen molar-refractivity contribution in [3.8, 4) is 0 Å². The van der Waals surface area contributed by atoms with Crippen LogP contribution in [0.25, 0.3) is 0 Å². The van der Waals surface area contributed by atoms with E-state index in [1.807, 2.05) is 42.5 Å². The number of hydrogen-bond acceptors (Lipinski definition) is 1. The molecule has 0 aliphatic carbocycles. The van der Waals surface area contributed by atoms with Crippen molar-refractivity contribution in [2.24, 2.45) is 0 Å². The molecule has 1 amide bonds. The second-order valence-electron chi connectivity index (χ2n) is 4.32. The Kier molecular flexibility index (Phi) is 5.01. The van der Waals surface area contributed by atoms with E-state index in [9.17, 15) is 4.79 Å². The Labute approximate surface area is 124 Å². The van der Waals surface area contributed by atoms with Crippen molar-refractivity contribution in [1.82, 2.24) is 0 Å². The van der Waals surface area contributed by atoms with Crippen molar-refractivity contribution in [3.05, 3.63) is 65.7 Å². The van der Waals surface area contributed by atoms with E-state index in [2.05, 4.69) is 29.3 Å². The zero-order valence-electron chi connectivity index (χ0n) is 11.1. The molecule has 0 aliphatic heterocycles. The van der Waals surface area contributed by atoms with E-state index in [0.29, 0.717) is 9.53 Å². The summed E-state index contributed by atoms with van der Waals surface area (Å²) < 4.78 is 0.664. The van der Waals surface area contributed by atoms with Crippen molar-refractivity contribution in [1.29, 1.82) is 0 Å². The second-order valence-corrected chi connectivity index (χ2v) is 7.68. The molecule has 0 saturated heterocycles. The van der Waals surface area contributed by atoms with Gasteiger partial charge in [-0.3, -0.25) is 0 Å². The number of anilines is 1. The van der Waals surface area contributed by atoms with Crippen LogP contribution in [-0.2, 0) is 0 Å². The van der Waals surface area contributed by atoms with Crippen LogP contribution in [-0.4, -0.2) is 26.8 Å². The fourth-order valence-electron chi connectivity index (χ4n) is 1.77. The molecule has 1 unspecified atom stereocenters. The summed E-state index contributed by atoms with van der Waals surface area (Å²) in [7, 11) is 0. The summed E-state index contributed by atoms with van der Waals surface area (Å²) in [5.41, 5.74) is 2.86. The fourth-order valence-corrected chi connectivity index (χ4v) is 2.99. The Morgan fingerprint density at radius 3 is 2.26 bits per heavy atom. The molecule has 0 saturated carbocycles.